The monoisotopic (exact) mass is 464 g/mol. The van der Waals surface area contributed by atoms with Crippen LogP contribution in [0.4, 0.5) is 57.1 Å². The second kappa shape index (κ2) is 7.83. The molecule has 0 aliphatic rings. The van der Waals surface area contributed by atoms with Crippen molar-refractivity contribution in [2.75, 3.05) is 6.61 Å². The largest absolute Gasteiger partial charge is 0.417 e. The highest BCUT2D eigenvalue weighted by Crippen LogP contribution is 2.59. The second-order valence-electron chi connectivity index (χ2n) is 6.62. The van der Waals surface area contributed by atoms with E-state index in [9.17, 15) is 57.1 Å². The molecule has 0 N–H and O–H groups in total. The van der Waals surface area contributed by atoms with Crippen molar-refractivity contribution < 1.29 is 61.5 Å². The molecule has 0 radical (unpaired) electrons. The van der Waals surface area contributed by atoms with Crippen LogP contribution in [0.5, 0.6) is 0 Å². The quantitative estimate of drug-likeness (QED) is 0.257. The summed E-state index contributed by atoms with van der Waals surface area (Å²) in [5, 5.41) is 0. The molecule has 0 aromatic carbocycles. The number of halogens is 13. The number of rotatable bonds is 10. The Morgan fingerprint density at radius 3 is 1.36 bits per heavy atom. The SMILES string of the molecule is CCO[Si](C)(C)CC(F)(F)C(F)(F)C(F)(F)C(F)(F)C(F)(F)CCC(F)(F)F. The minimum absolute atomic E-state index is 0.303. The van der Waals surface area contributed by atoms with E-state index < -0.39 is 63.0 Å². The van der Waals surface area contributed by atoms with Crippen LogP contribution in [0.25, 0.3) is 0 Å². The van der Waals surface area contributed by atoms with E-state index in [4.69, 9.17) is 4.43 Å². The van der Waals surface area contributed by atoms with E-state index in [1.54, 1.807) is 0 Å². The van der Waals surface area contributed by atoms with Crippen molar-refractivity contribution in [3.05, 3.63) is 0 Å². The molecule has 28 heavy (non-hydrogen) atoms. The zero-order chi connectivity index (χ0) is 23.0. The van der Waals surface area contributed by atoms with E-state index in [0.717, 1.165) is 13.1 Å². The first-order chi connectivity index (χ1) is 12.0. The molecule has 0 unspecified atom stereocenters. The summed E-state index contributed by atoms with van der Waals surface area (Å²) < 4.78 is 176. The summed E-state index contributed by atoms with van der Waals surface area (Å²) in [6.07, 6.45) is -11.2. The number of hydrogen-bond acceptors (Lipinski definition) is 1. The molecule has 0 saturated heterocycles. The predicted molar refractivity (Wildman–Crippen MR) is 73.9 cm³/mol. The molecule has 15 heteroatoms. The Kier molecular flexibility index (Phi) is 7.63. The maximum absolute atomic E-state index is 13.8. The Morgan fingerprint density at radius 1 is 0.607 bits per heavy atom. The lowest BCUT2D eigenvalue weighted by Crippen LogP contribution is -2.68. The molecule has 0 aromatic rings. The lowest BCUT2D eigenvalue weighted by atomic mass is 9.92. The molecule has 0 bridgehead atoms. The Hall–Kier alpha value is -0.733. The lowest BCUT2D eigenvalue weighted by molar-refractivity contribution is -0.400. The van der Waals surface area contributed by atoms with Crippen LogP contribution in [0.2, 0.25) is 19.1 Å². The average Bonchev–Trinajstić information content (AvgIpc) is 2.42. The van der Waals surface area contributed by atoms with Crippen LogP contribution in [0.3, 0.4) is 0 Å². The van der Waals surface area contributed by atoms with Gasteiger partial charge in [0.25, 0.3) is 0 Å². The van der Waals surface area contributed by atoms with E-state index in [-0.39, 0.29) is 6.61 Å². The molecule has 0 aliphatic heterocycles. The number of hydrogen-bond donors (Lipinski definition) is 0. The minimum atomic E-state index is -7.37. The Morgan fingerprint density at radius 2 is 1.00 bits per heavy atom. The van der Waals surface area contributed by atoms with Crippen LogP contribution in [0.1, 0.15) is 19.8 Å². The van der Waals surface area contributed by atoms with Crippen LogP contribution in [-0.2, 0) is 4.43 Å². The molecule has 0 aliphatic carbocycles. The minimum Gasteiger partial charge on any atom is -0.417 e. The molecular formula is C13H17F13OSi. The van der Waals surface area contributed by atoms with Crippen LogP contribution < -0.4 is 0 Å². The van der Waals surface area contributed by atoms with E-state index in [2.05, 4.69) is 0 Å². The fraction of sp³-hybridized carbons (Fsp3) is 1.00. The van der Waals surface area contributed by atoms with Gasteiger partial charge in [-0.05, 0) is 20.0 Å². The Labute approximate surface area is 152 Å². The zero-order valence-electron chi connectivity index (χ0n) is 14.7. The molecule has 170 valence electrons. The summed E-state index contributed by atoms with van der Waals surface area (Å²) in [5.74, 6) is -33.8. The molecule has 0 heterocycles. The van der Waals surface area contributed by atoms with Gasteiger partial charge < -0.3 is 4.43 Å². The maximum Gasteiger partial charge on any atom is 0.389 e. The van der Waals surface area contributed by atoms with Gasteiger partial charge in [-0.3, -0.25) is 0 Å². The number of alkyl halides is 13. The average molecular weight is 464 g/mol. The van der Waals surface area contributed by atoms with Gasteiger partial charge in [-0.15, -0.1) is 0 Å². The van der Waals surface area contributed by atoms with Gasteiger partial charge in [0.15, 0.2) is 8.32 Å². The molecule has 0 rings (SSSR count). The van der Waals surface area contributed by atoms with E-state index >= 15 is 0 Å². The van der Waals surface area contributed by atoms with Gasteiger partial charge in [-0.1, -0.05) is 0 Å². The molecule has 0 fully saturated rings. The van der Waals surface area contributed by atoms with Crippen molar-refractivity contribution in [2.45, 2.75) is 74.7 Å². The highest BCUT2D eigenvalue weighted by Gasteiger charge is 2.86. The van der Waals surface area contributed by atoms with E-state index in [1.807, 2.05) is 0 Å². The van der Waals surface area contributed by atoms with Crippen LogP contribution in [-0.4, -0.2) is 50.7 Å². The van der Waals surface area contributed by atoms with Gasteiger partial charge in [-0.2, -0.15) is 57.1 Å². The van der Waals surface area contributed by atoms with Crippen molar-refractivity contribution in [1.82, 2.24) is 0 Å². The van der Waals surface area contributed by atoms with Crippen molar-refractivity contribution in [3.8, 4) is 0 Å². The summed E-state index contributed by atoms with van der Waals surface area (Å²) in [4.78, 5) is 0. The van der Waals surface area contributed by atoms with Crippen LogP contribution in [0.15, 0.2) is 0 Å². The molecule has 0 atom stereocenters. The molecular weight excluding hydrogens is 447 g/mol. The maximum atomic E-state index is 13.8. The summed E-state index contributed by atoms with van der Waals surface area (Å²) in [6.45, 7) is 2.68. The Balaban J connectivity index is 5.95. The fourth-order valence-electron chi connectivity index (χ4n) is 2.20. The standard InChI is InChI=1S/C13H17F13OSi/c1-4-27-28(2,3)7-9(16,17)12(23,24)13(25,26)11(21,22)8(14,15)5-6-10(18,19)20/h4-7H2,1-3H3. The van der Waals surface area contributed by atoms with Gasteiger partial charge in [0, 0.05) is 25.5 Å². The predicted octanol–water partition coefficient (Wildman–Crippen LogP) is 6.75. The van der Waals surface area contributed by atoms with E-state index in [0.29, 0.717) is 0 Å². The first-order valence-corrected chi connectivity index (χ1v) is 10.7. The summed E-state index contributed by atoms with van der Waals surface area (Å²) >= 11 is 0. The van der Waals surface area contributed by atoms with Crippen molar-refractivity contribution in [1.29, 1.82) is 0 Å². The van der Waals surface area contributed by atoms with Gasteiger partial charge in [-0.25, -0.2) is 0 Å². The normalized spacial score (nSPS) is 15.9. The summed E-state index contributed by atoms with van der Waals surface area (Å²) in [6, 6.07) is -2.12. The smallest absolute Gasteiger partial charge is 0.389 e. The molecule has 0 saturated carbocycles. The lowest BCUT2D eigenvalue weighted by Gasteiger charge is -2.41. The van der Waals surface area contributed by atoms with Gasteiger partial charge in [0.05, 0.1) is 0 Å². The molecule has 1 nitrogen and oxygen atoms in total. The van der Waals surface area contributed by atoms with Crippen molar-refractivity contribution >= 4 is 8.32 Å². The van der Waals surface area contributed by atoms with Crippen LogP contribution >= 0.6 is 0 Å². The first kappa shape index (κ1) is 27.3. The molecule has 0 aromatic heterocycles. The topological polar surface area (TPSA) is 9.23 Å². The zero-order valence-corrected chi connectivity index (χ0v) is 15.7. The van der Waals surface area contributed by atoms with E-state index in [1.165, 1.54) is 6.92 Å². The summed E-state index contributed by atoms with van der Waals surface area (Å²) in [5.41, 5.74) is 0. The van der Waals surface area contributed by atoms with Gasteiger partial charge in [0.2, 0.25) is 0 Å². The molecule has 0 amide bonds. The first-order valence-electron chi connectivity index (χ1n) is 7.57. The second-order valence-corrected chi connectivity index (χ2v) is 10.8. The van der Waals surface area contributed by atoms with Crippen LogP contribution in [0, 0.1) is 0 Å². The Bertz CT molecular complexity index is 527. The highest BCUT2D eigenvalue weighted by atomic mass is 28.4. The molecule has 0 spiro atoms. The van der Waals surface area contributed by atoms with Crippen molar-refractivity contribution in [3.63, 3.8) is 0 Å². The highest BCUT2D eigenvalue weighted by molar-refractivity contribution is 6.71. The van der Waals surface area contributed by atoms with Gasteiger partial charge in [0.1, 0.15) is 0 Å². The van der Waals surface area contributed by atoms with Crippen molar-refractivity contribution in [2.24, 2.45) is 0 Å². The third-order valence-corrected chi connectivity index (χ3v) is 5.98. The third kappa shape index (κ3) is 5.45. The fourth-order valence-corrected chi connectivity index (χ4v) is 4.37. The summed E-state index contributed by atoms with van der Waals surface area (Å²) in [7, 11) is -3.82. The van der Waals surface area contributed by atoms with Gasteiger partial charge >= 0.3 is 35.8 Å². The third-order valence-electron chi connectivity index (χ3n) is 3.61.